The van der Waals surface area contributed by atoms with Crippen molar-refractivity contribution in [1.29, 1.82) is 0 Å². The largest absolute Gasteiger partial charge is 0.489 e. The highest BCUT2D eigenvalue weighted by molar-refractivity contribution is 5.92. The highest BCUT2D eigenvalue weighted by Crippen LogP contribution is 2.25. The Balaban J connectivity index is 1.43. The van der Waals surface area contributed by atoms with Gasteiger partial charge in [0.05, 0.1) is 11.8 Å². The zero-order chi connectivity index (χ0) is 16.6. The van der Waals surface area contributed by atoms with Gasteiger partial charge in [-0.15, -0.1) is 0 Å². The lowest BCUT2D eigenvalue weighted by molar-refractivity contribution is -0.116. The van der Waals surface area contributed by atoms with E-state index in [9.17, 15) is 4.79 Å². The summed E-state index contributed by atoms with van der Waals surface area (Å²) in [5.74, 6) is 0.781. The molecule has 24 heavy (non-hydrogen) atoms. The minimum atomic E-state index is 0.0577. The molecule has 3 rings (SSSR count). The molecule has 0 saturated carbocycles. The van der Waals surface area contributed by atoms with Gasteiger partial charge in [-0.05, 0) is 63.9 Å². The number of hydrogen-bond donors (Lipinski definition) is 1. The average molecular weight is 332 g/mol. The van der Waals surface area contributed by atoms with Crippen molar-refractivity contribution in [3.8, 4) is 5.75 Å². The van der Waals surface area contributed by atoms with E-state index in [0.29, 0.717) is 13.0 Å². The molecule has 1 unspecified atom stereocenters. The standard InChI is InChI=1S/C19H28N2O3/c22-19(10-5-13-21-11-3-4-12-21)20-17-8-1-2-9-18(17)24-15-16-7-6-14-23-16/h1-2,8-9,16H,3-7,10-15H2,(H,20,22). The molecule has 0 spiro atoms. The average Bonchev–Trinajstić information content (AvgIpc) is 3.28. The molecule has 2 aliphatic heterocycles. The topological polar surface area (TPSA) is 50.8 Å². The van der Waals surface area contributed by atoms with Crippen LogP contribution >= 0.6 is 0 Å². The van der Waals surface area contributed by atoms with E-state index >= 15 is 0 Å². The molecule has 0 bridgehead atoms. The van der Waals surface area contributed by atoms with Crippen LogP contribution in [-0.2, 0) is 9.53 Å². The van der Waals surface area contributed by atoms with Crippen molar-refractivity contribution in [2.24, 2.45) is 0 Å². The Kier molecular flexibility index (Phi) is 6.49. The number of anilines is 1. The van der Waals surface area contributed by atoms with Crippen molar-refractivity contribution in [1.82, 2.24) is 4.90 Å². The van der Waals surface area contributed by atoms with E-state index in [2.05, 4.69) is 10.2 Å². The molecule has 5 nitrogen and oxygen atoms in total. The van der Waals surface area contributed by atoms with Gasteiger partial charge in [-0.2, -0.15) is 0 Å². The number of para-hydroxylation sites is 2. The number of hydrogen-bond acceptors (Lipinski definition) is 4. The molecule has 2 aliphatic rings. The zero-order valence-electron chi connectivity index (χ0n) is 14.3. The van der Waals surface area contributed by atoms with E-state index in [4.69, 9.17) is 9.47 Å². The molecule has 0 radical (unpaired) electrons. The Labute approximate surface area is 144 Å². The predicted molar refractivity (Wildman–Crippen MR) is 94.4 cm³/mol. The summed E-state index contributed by atoms with van der Waals surface area (Å²) in [7, 11) is 0. The second kappa shape index (κ2) is 9.04. The third kappa shape index (κ3) is 5.21. The number of nitrogens with zero attached hydrogens (tertiary/aromatic N) is 1. The summed E-state index contributed by atoms with van der Waals surface area (Å²) in [6, 6.07) is 7.63. The first-order chi connectivity index (χ1) is 11.8. The Morgan fingerprint density at radius 1 is 1.25 bits per heavy atom. The summed E-state index contributed by atoms with van der Waals surface area (Å²) in [4.78, 5) is 14.6. The minimum absolute atomic E-state index is 0.0577. The lowest BCUT2D eigenvalue weighted by Crippen LogP contribution is -2.22. The van der Waals surface area contributed by atoms with Gasteiger partial charge in [0.1, 0.15) is 12.4 Å². The Hall–Kier alpha value is -1.59. The lowest BCUT2D eigenvalue weighted by atomic mass is 10.2. The van der Waals surface area contributed by atoms with Crippen LogP contribution in [0, 0.1) is 0 Å². The van der Waals surface area contributed by atoms with E-state index in [1.807, 2.05) is 24.3 Å². The smallest absolute Gasteiger partial charge is 0.224 e. The highest BCUT2D eigenvalue weighted by atomic mass is 16.5. The van der Waals surface area contributed by atoms with Crippen molar-refractivity contribution in [2.45, 2.75) is 44.6 Å². The number of carbonyl (C=O) groups excluding carboxylic acids is 1. The summed E-state index contributed by atoms with van der Waals surface area (Å²) in [6.45, 7) is 4.75. The molecule has 5 heteroatoms. The highest BCUT2D eigenvalue weighted by Gasteiger charge is 2.17. The number of likely N-dealkylation sites (tertiary alicyclic amines) is 1. The normalized spacial score (nSPS) is 21.1. The number of ether oxygens (including phenoxy) is 2. The molecule has 1 aromatic carbocycles. The number of benzene rings is 1. The van der Waals surface area contributed by atoms with E-state index in [-0.39, 0.29) is 12.0 Å². The van der Waals surface area contributed by atoms with Gasteiger partial charge in [-0.25, -0.2) is 0 Å². The van der Waals surface area contributed by atoms with Crippen LogP contribution in [0.2, 0.25) is 0 Å². The van der Waals surface area contributed by atoms with E-state index < -0.39 is 0 Å². The molecule has 2 saturated heterocycles. The van der Waals surface area contributed by atoms with Crippen LogP contribution < -0.4 is 10.1 Å². The van der Waals surface area contributed by atoms with Gasteiger partial charge in [0.15, 0.2) is 0 Å². The summed E-state index contributed by atoms with van der Waals surface area (Å²) >= 11 is 0. The second-order valence-corrected chi connectivity index (χ2v) is 6.64. The molecule has 1 amide bonds. The Morgan fingerprint density at radius 3 is 2.88 bits per heavy atom. The quantitative estimate of drug-likeness (QED) is 0.795. The van der Waals surface area contributed by atoms with Gasteiger partial charge in [0.2, 0.25) is 5.91 Å². The fourth-order valence-corrected chi connectivity index (χ4v) is 3.34. The molecule has 1 atom stereocenters. The summed E-state index contributed by atoms with van der Waals surface area (Å²) in [5, 5.41) is 2.99. The van der Waals surface area contributed by atoms with Crippen LogP contribution in [0.3, 0.4) is 0 Å². The molecular weight excluding hydrogens is 304 g/mol. The van der Waals surface area contributed by atoms with E-state index in [0.717, 1.165) is 43.9 Å². The first kappa shape index (κ1) is 17.2. The monoisotopic (exact) mass is 332 g/mol. The molecule has 1 aromatic rings. The second-order valence-electron chi connectivity index (χ2n) is 6.64. The Bertz CT molecular complexity index is 523. The van der Waals surface area contributed by atoms with Crippen molar-refractivity contribution < 1.29 is 14.3 Å². The first-order valence-corrected chi connectivity index (χ1v) is 9.17. The third-order valence-corrected chi connectivity index (χ3v) is 4.69. The Morgan fingerprint density at radius 2 is 2.08 bits per heavy atom. The van der Waals surface area contributed by atoms with Crippen LogP contribution in [0.25, 0.3) is 0 Å². The molecule has 132 valence electrons. The van der Waals surface area contributed by atoms with Crippen molar-refractivity contribution in [2.75, 3.05) is 38.2 Å². The molecular formula is C19H28N2O3. The van der Waals surface area contributed by atoms with Crippen molar-refractivity contribution >= 4 is 11.6 Å². The number of carbonyl (C=O) groups is 1. The van der Waals surface area contributed by atoms with E-state index in [1.165, 1.54) is 25.9 Å². The fourth-order valence-electron chi connectivity index (χ4n) is 3.34. The lowest BCUT2D eigenvalue weighted by Gasteiger charge is -2.16. The first-order valence-electron chi connectivity index (χ1n) is 9.17. The molecule has 1 N–H and O–H groups in total. The van der Waals surface area contributed by atoms with Gasteiger partial charge in [-0.3, -0.25) is 4.79 Å². The summed E-state index contributed by atoms with van der Waals surface area (Å²) in [6.07, 6.45) is 6.37. The van der Waals surface area contributed by atoms with Crippen molar-refractivity contribution in [3.05, 3.63) is 24.3 Å². The zero-order valence-corrected chi connectivity index (χ0v) is 14.3. The van der Waals surface area contributed by atoms with Crippen LogP contribution in [0.15, 0.2) is 24.3 Å². The van der Waals surface area contributed by atoms with Crippen LogP contribution in [0.4, 0.5) is 5.69 Å². The number of nitrogens with one attached hydrogen (secondary N) is 1. The number of rotatable bonds is 8. The third-order valence-electron chi connectivity index (χ3n) is 4.69. The maximum absolute atomic E-state index is 12.2. The number of amides is 1. The van der Waals surface area contributed by atoms with Crippen LogP contribution in [-0.4, -0.2) is 49.8 Å². The van der Waals surface area contributed by atoms with Crippen LogP contribution in [0.5, 0.6) is 5.75 Å². The van der Waals surface area contributed by atoms with E-state index in [1.54, 1.807) is 0 Å². The molecule has 2 heterocycles. The SMILES string of the molecule is O=C(CCCN1CCCC1)Nc1ccccc1OCC1CCCO1. The minimum Gasteiger partial charge on any atom is -0.489 e. The van der Waals surface area contributed by atoms with Gasteiger partial charge in [0.25, 0.3) is 0 Å². The fraction of sp³-hybridized carbons (Fsp3) is 0.632. The van der Waals surface area contributed by atoms with Crippen molar-refractivity contribution in [3.63, 3.8) is 0 Å². The summed E-state index contributed by atoms with van der Waals surface area (Å²) in [5.41, 5.74) is 0.752. The predicted octanol–water partition coefficient (Wildman–Crippen LogP) is 3.06. The van der Waals surface area contributed by atoms with Crippen LogP contribution in [0.1, 0.15) is 38.5 Å². The van der Waals surface area contributed by atoms with Gasteiger partial charge >= 0.3 is 0 Å². The summed E-state index contributed by atoms with van der Waals surface area (Å²) < 4.78 is 11.4. The van der Waals surface area contributed by atoms with Gasteiger partial charge < -0.3 is 19.7 Å². The maximum atomic E-state index is 12.2. The molecule has 0 aliphatic carbocycles. The molecule has 2 fully saturated rings. The molecule has 0 aromatic heterocycles. The maximum Gasteiger partial charge on any atom is 0.224 e. The van der Waals surface area contributed by atoms with Gasteiger partial charge in [0, 0.05) is 13.0 Å². The van der Waals surface area contributed by atoms with Gasteiger partial charge in [-0.1, -0.05) is 12.1 Å².